The van der Waals surface area contributed by atoms with E-state index >= 15 is 0 Å². The lowest BCUT2D eigenvalue weighted by molar-refractivity contribution is 0.160. The van der Waals surface area contributed by atoms with Gasteiger partial charge in [-0.05, 0) is 18.6 Å². The van der Waals surface area contributed by atoms with Crippen LogP contribution in [-0.2, 0) is 4.74 Å². The first-order valence-corrected chi connectivity index (χ1v) is 5.15. The molecule has 0 bridgehead atoms. The first-order chi connectivity index (χ1) is 7.22. The summed E-state index contributed by atoms with van der Waals surface area (Å²) in [5, 5.41) is 3.01. The zero-order chi connectivity index (χ0) is 11.1. The van der Waals surface area contributed by atoms with Gasteiger partial charge in [0.05, 0.1) is 6.61 Å². The van der Waals surface area contributed by atoms with Crippen molar-refractivity contribution in [3.05, 3.63) is 23.4 Å². The third-order valence-corrected chi connectivity index (χ3v) is 1.92. The van der Waals surface area contributed by atoms with Crippen molar-refractivity contribution >= 4 is 23.5 Å². The fourth-order valence-corrected chi connectivity index (χ4v) is 1.08. The first-order valence-electron chi connectivity index (χ1n) is 4.77. The van der Waals surface area contributed by atoms with Crippen molar-refractivity contribution in [1.82, 2.24) is 4.98 Å². The van der Waals surface area contributed by atoms with Crippen LogP contribution < -0.4 is 5.32 Å². The molecule has 15 heavy (non-hydrogen) atoms. The fraction of sp³-hybridized carbons (Fsp3) is 0.400. The molecule has 1 amide bonds. The molecular weight excluding hydrogens is 216 g/mol. The second-order valence-electron chi connectivity index (χ2n) is 2.97. The van der Waals surface area contributed by atoms with Crippen molar-refractivity contribution in [3.8, 4) is 0 Å². The maximum absolute atomic E-state index is 11.2. The Balaban J connectivity index is 2.37. The zero-order valence-electron chi connectivity index (χ0n) is 8.50. The standard InChI is InChI=1S/C10H13ClN2O2/c1-2-3-6-15-10(14)13-9-7-8(11)4-5-12-9/h4-5,7H,2-3,6H2,1H3,(H,12,13,14). The summed E-state index contributed by atoms with van der Waals surface area (Å²) in [4.78, 5) is 15.1. The Hall–Kier alpha value is -1.29. The molecule has 5 heteroatoms. The molecule has 0 aromatic carbocycles. The summed E-state index contributed by atoms with van der Waals surface area (Å²) in [6.45, 7) is 2.45. The summed E-state index contributed by atoms with van der Waals surface area (Å²) in [5.41, 5.74) is 0. The number of pyridine rings is 1. The van der Waals surface area contributed by atoms with Gasteiger partial charge in [-0.1, -0.05) is 24.9 Å². The number of halogens is 1. The third-order valence-electron chi connectivity index (χ3n) is 1.68. The molecule has 0 aliphatic heterocycles. The van der Waals surface area contributed by atoms with E-state index in [9.17, 15) is 4.79 Å². The molecule has 82 valence electrons. The van der Waals surface area contributed by atoms with E-state index < -0.39 is 6.09 Å². The Bertz CT molecular complexity index is 331. The summed E-state index contributed by atoms with van der Waals surface area (Å²) < 4.78 is 4.89. The van der Waals surface area contributed by atoms with Crippen LogP contribution in [0, 0.1) is 0 Å². The van der Waals surface area contributed by atoms with Crippen molar-refractivity contribution in [3.63, 3.8) is 0 Å². The van der Waals surface area contributed by atoms with Crippen molar-refractivity contribution < 1.29 is 9.53 Å². The molecule has 1 heterocycles. The summed E-state index contributed by atoms with van der Waals surface area (Å²) in [6, 6.07) is 3.19. The van der Waals surface area contributed by atoms with E-state index in [1.165, 1.54) is 6.20 Å². The molecule has 0 aliphatic carbocycles. The second kappa shape index (κ2) is 6.24. The van der Waals surface area contributed by atoms with Crippen LogP contribution in [0.3, 0.4) is 0 Å². The zero-order valence-corrected chi connectivity index (χ0v) is 9.25. The number of hydrogen-bond acceptors (Lipinski definition) is 3. The number of unbranched alkanes of at least 4 members (excludes halogenated alkanes) is 1. The quantitative estimate of drug-likeness (QED) is 0.806. The van der Waals surface area contributed by atoms with E-state index in [1.54, 1.807) is 12.1 Å². The topological polar surface area (TPSA) is 51.2 Å². The molecule has 4 nitrogen and oxygen atoms in total. The Labute approximate surface area is 93.6 Å². The monoisotopic (exact) mass is 228 g/mol. The molecule has 0 spiro atoms. The number of carbonyl (C=O) groups is 1. The molecule has 0 atom stereocenters. The largest absolute Gasteiger partial charge is 0.449 e. The molecule has 1 aromatic heterocycles. The number of ether oxygens (including phenoxy) is 1. The molecular formula is C10H13ClN2O2. The minimum atomic E-state index is -0.502. The molecule has 0 saturated carbocycles. The smallest absolute Gasteiger partial charge is 0.412 e. The van der Waals surface area contributed by atoms with E-state index in [2.05, 4.69) is 10.3 Å². The van der Waals surface area contributed by atoms with Gasteiger partial charge in [0.15, 0.2) is 0 Å². The van der Waals surface area contributed by atoms with E-state index in [1.807, 2.05) is 6.92 Å². The number of aromatic nitrogens is 1. The normalized spacial score (nSPS) is 9.73. The van der Waals surface area contributed by atoms with Gasteiger partial charge >= 0.3 is 6.09 Å². The van der Waals surface area contributed by atoms with Crippen LogP contribution in [0.4, 0.5) is 10.6 Å². The molecule has 0 unspecified atom stereocenters. The summed E-state index contributed by atoms with van der Waals surface area (Å²) in [6.07, 6.45) is 2.86. The van der Waals surface area contributed by atoms with Crippen LogP contribution in [0.2, 0.25) is 5.02 Å². The fourth-order valence-electron chi connectivity index (χ4n) is 0.923. The summed E-state index contributed by atoms with van der Waals surface area (Å²) >= 11 is 5.72. The number of nitrogens with one attached hydrogen (secondary N) is 1. The van der Waals surface area contributed by atoms with Gasteiger partial charge in [0.1, 0.15) is 5.82 Å². The Morgan fingerprint density at radius 1 is 1.67 bits per heavy atom. The van der Waals surface area contributed by atoms with Crippen LogP contribution in [0.1, 0.15) is 19.8 Å². The van der Waals surface area contributed by atoms with Crippen molar-refractivity contribution in [2.75, 3.05) is 11.9 Å². The highest BCUT2D eigenvalue weighted by molar-refractivity contribution is 6.30. The van der Waals surface area contributed by atoms with Crippen molar-refractivity contribution in [1.29, 1.82) is 0 Å². The van der Waals surface area contributed by atoms with E-state index in [0.29, 0.717) is 17.4 Å². The number of hydrogen-bond donors (Lipinski definition) is 1. The molecule has 0 saturated heterocycles. The van der Waals surface area contributed by atoms with Gasteiger partial charge in [0, 0.05) is 11.2 Å². The lowest BCUT2D eigenvalue weighted by Gasteiger charge is -2.05. The van der Waals surface area contributed by atoms with Crippen molar-refractivity contribution in [2.24, 2.45) is 0 Å². The maximum atomic E-state index is 11.2. The van der Waals surface area contributed by atoms with Gasteiger partial charge in [-0.2, -0.15) is 0 Å². The van der Waals surface area contributed by atoms with E-state index in [-0.39, 0.29) is 0 Å². The average molecular weight is 229 g/mol. The maximum Gasteiger partial charge on any atom is 0.412 e. The Kier molecular flexibility index (Phi) is 4.90. The summed E-state index contributed by atoms with van der Waals surface area (Å²) in [5.74, 6) is 0.393. The molecule has 0 fully saturated rings. The number of nitrogens with zero attached hydrogens (tertiary/aromatic N) is 1. The van der Waals surface area contributed by atoms with Crippen molar-refractivity contribution in [2.45, 2.75) is 19.8 Å². The highest BCUT2D eigenvalue weighted by atomic mass is 35.5. The summed E-state index contributed by atoms with van der Waals surface area (Å²) in [7, 11) is 0. The highest BCUT2D eigenvalue weighted by Crippen LogP contribution is 2.11. The van der Waals surface area contributed by atoms with Crippen LogP contribution in [0.15, 0.2) is 18.3 Å². The molecule has 0 aliphatic rings. The van der Waals surface area contributed by atoms with Crippen LogP contribution in [0.5, 0.6) is 0 Å². The average Bonchev–Trinajstić information content (AvgIpc) is 2.18. The number of carbonyl (C=O) groups excluding carboxylic acids is 1. The number of amides is 1. The highest BCUT2D eigenvalue weighted by Gasteiger charge is 2.03. The Morgan fingerprint density at radius 2 is 2.47 bits per heavy atom. The molecule has 1 aromatic rings. The van der Waals surface area contributed by atoms with Gasteiger partial charge in [0.2, 0.25) is 0 Å². The molecule has 1 N–H and O–H groups in total. The first kappa shape index (κ1) is 11.8. The lowest BCUT2D eigenvalue weighted by Crippen LogP contribution is -2.15. The van der Waals surface area contributed by atoms with Crippen LogP contribution >= 0.6 is 11.6 Å². The predicted octanol–water partition coefficient (Wildman–Crippen LogP) is 3.08. The SMILES string of the molecule is CCCCOC(=O)Nc1cc(Cl)ccn1. The van der Waals surface area contributed by atoms with Gasteiger partial charge in [0.25, 0.3) is 0 Å². The minimum Gasteiger partial charge on any atom is -0.449 e. The number of rotatable bonds is 4. The third kappa shape index (κ3) is 4.65. The van der Waals surface area contributed by atoms with Crippen LogP contribution in [-0.4, -0.2) is 17.7 Å². The molecule has 0 radical (unpaired) electrons. The van der Waals surface area contributed by atoms with Gasteiger partial charge < -0.3 is 4.74 Å². The van der Waals surface area contributed by atoms with E-state index in [0.717, 1.165) is 12.8 Å². The van der Waals surface area contributed by atoms with Gasteiger partial charge in [-0.3, -0.25) is 5.32 Å². The second-order valence-corrected chi connectivity index (χ2v) is 3.41. The Morgan fingerprint density at radius 3 is 3.13 bits per heavy atom. The van der Waals surface area contributed by atoms with Gasteiger partial charge in [-0.15, -0.1) is 0 Å². The minimum absolute atomic E-state index is 0.393. The van der Waals surface area contributed by atoms with E-state index in [4.69, 9.17) is 16.3 Å². The number of anilines is 1. The predicted molar refractivity (Wildman–Crippen MR) is 59.1 cm³/mol. The molecule has 1 rings (SSSR count). The lowest BCUT2D eigenvalue weighted by atomic mass is 10.4. The van der Waals surface area contributed by atoms with Crippen LogP contribution in [0.25, 0.3) is 0 Å². The van der Waals surface area contributed by atoms with Gasteiger partial charge in [-0.25, -0.2) is 9.78 Å².